The lowest BCUT2D eigenvalue weighted by atomic mass is 9.89. The molecule has 0 aliphatic carbocycles. The number of hydrogen-bond donors (Lipinski definition) is 3. The summed E-state index contributed by atoms with van der Waals surface area (Å²) >= 11 is 0. The van der Waals surface area contributed by atoms with Crippen molar-refractivity contribution in [2.24, 2.45) is 5.41 Å². The molecule has 0 bridgehead atoms. The van der Waals surface area contributed by atoms with Crippen LogP contribution in [0.3, 0.4) is 0 Å². The Balaban J connectivity index is 1.42. The maximum atomic E-state index is 12.8. The summed E-state index contributed by atoms with van der Waals surface area (Å²) < 4.78 is 24.9. The maximum absolute atomic E-state index is 12.8. The van der Waals surface area contributed by atoms with Crippen LogP contribution in [0.2, 0.25) is 0 Å². The number of aromatic nitrogens is 4. The first-order valence-corrected chi connectivity index (χ1v) is 14.4. The topological polar surface area (TPSA) is 131 Å². The van der Waals surface area contributed by atoms with Crippen LogP contribution in [0.15, 0.2) is 60.8 Å². The van der Waals surface area contributed by atoms with Gasteiger partial charge in [0.1, 0.15) is 0 Å². The predicted molar refractivity (Wildman–Crippen MR) is 150 cm³/mol. The van der Waals surface area contributed by atoms with Crippen molar-refractivity contribution in [3.63, 3.8) is 0 Å². The van der Waals surface area contributed by atoms with E-state index in [-0.39, 0.29) is 11.7 Å². The third-order valence-electron chi connectivity index (χ3n) is 6.31. The van der Waals surface area contributed by atoms with Crippen LogP contribution in [0.5, 0.6) is 0 Å². The number of fused-ring (bicyclic) bond motifs is 1. The number of carbonyl (C=O) groups excluding carboxylic acids is 1. The van der Waals surface area contributed by atoms with Crippen molar-refractivity contribution < 1.29 is 13.2 Å². The van der Waals surface area contributed by atoms with Gasteiger partial charge >= 0.3 is 0 Å². The molecule has 2 heterocycles. The van der Waals surface area contributed by atoms with Gasteiger partial charge in [-0.25, -0.2) is 23.4 Å². The number of hydrogen-bond acceptors (Lipinski definition) is 8. The number of sulfone groups is 1. The summed E-state index contributed by atoms with van der Waals surface area (Å²) in [6.45, 7) is 6.70. The Hall–Kier alpha value is -3.83. The highest BCUT2D eigenvalue weighted by Crippen LogP contribution is 2.24. The quantitative estimate of drug-likeness (QED) is 0.260. The molecule has 0 fully saturated rings. The molecule has 10 nitrogen and oxygen atoms in total. The second-order valence-corrected chi connectivity index (χ2v) is 12.0. The molecule has 2 aromatic carbocycles. The van der Waals surface area contributed by atoms with E-state index in [0.29, 0.717) is 31.5 Å². The average molecular weight is 536 g/mol. The maximum Gasteiger partial charge on any atom is 0.232 e. The van der Waals surface area contributed by atoms with Gasteiger partial charge in [0, 0.05) is 30.1 Å². The molecule has 0 atom stereocenters. The number of imidazole rings is 1. The number of anilines is 3. The van der Waals surface area contributed by atoms with Crippen molar-refractivity contribution in [1.82, 2.24) is 24.8 Å². The Kier molecular flexibility index (Phi) is 8.08. The third-order valence-corrected chi connectivity index (χ3v) is 7.16. The first kappa shape index (κ1) is 27.2. The molecule has 1 amide bonds. The fourth-order valence-corrected chi connectivity index (χ4v) is 4.53. The van der Waals surface area contributed by atoms with Gasteiger partial charge in [-0.05, 0) is 42.3 Å². The third kappa shape index (κ3) is 6.93. The van der Waals surface area contributed by atoms with Gasteiger partial charge in [-0.1, -0.05) is 45.0 Å². The number of carbonyl (C=O) groups is 1. The second kappa shape index (κ2) is 11.3. The molecular weight excluding hydrogens is 502 g/mol. The van der Waals surface area contributed by atoms with Crippen molar-refractivity contribution >= 4 is 44.4 Å². The monoisotopic (exact) mass is 535 g/mol. The summed E-state index contributed by atoms with van der Waals surface area (Å²) in [6, 6.07) is 16.7. The second-order valence-electron chi connectivity index (χ2n) is 9.89. The zero-order valence-electron chi connectivity index (χ0n) is 22.0. The van der Waals surface area contributed by atoms with Crippen molar-refractivity contribution in [3.8, 4) is 0 Å². The Morgan fingerprint density at radius 1 is 1.03 bits per heavy atom. The molecule has 2 aromatic heterocycles. The van der Waals surface area contributed by atoms with Gasteiger partial charge in [-0.3, -0.25) is 20.0 Å². The smallest absolute Gasteiger partial charge is 0.232 e. The first-order chi connectivity index (χ1) is 18.0. The minimum Gasteiger partial charge on any atom is -0.324 e. The molecule has 0 spiro atoms. The molecule has 3 N–H and O–H groups in total. The van der Waals surface area contributed by atoms with Crippen LogP contribution in [0.1, 0.15) is 38.4 Å². The van der Waals surface area contributed by atoms with E-state index in [9.17, 15) is 13.2 Å². The lowest BCUT2D eigenvalue weighted by molar-refractivity contribution is -0.124. The zero-order valence-corrected chi connectivity index (χ0v) is 22.8. The number of amides is 1. The Morgan fingerprint density at radius 3 is 2.47 bits per heavy atom. The lowest BCUT2D eigenvalue weighted by Crippen LogP contribution is -2.32. The van der Waals surface area contributed by atoms with Gasteiger partial charge in [0.2, 0.25) is 17.8 Å². The molecule has 0 saturated heterocycles. The molecule has 4 aromatic rings. The van der Waals surface area contributed by atoms with Crippen LogP contribution >= 0.6 is 0 Å². The van der Waals surface area contributed by atoms with Crippen molar-refractivity contribution in [2.45, 2.75) is 46.2 Å². The molecule has 0 aliphatic heterocycles. The summed E-state index contributed by atoms with van der Waals surface area (Å²) in [6.07, 6.45) is 3.60. The van der Waals surface area contributed by atoms with E-state index in [4.69, 9.17) is 0 Å². The number of benzene rings is 2. The number of para-hydroxylation sites is 2. The van der Waals surface area contributed by atoms with Crippen LogP contribution in [0.25, 0.3) is 11.0 Å². The Labute approximate surface area is 222 Å². The van der Waals surface area contributed by atoms with E-state index in [1.165, 1.54) is 6.26 Å². The fourth-order valence-electron chi connectivity index (χ4n) is 3.73. The van der Waals surface area contributed by atoms with E-state index in [0.717, 1.165) is 28.0 Å². The summed E-state index contributed by atoms with van der Waals surface area (Å²) in [5, 5.41) is 9.53. The average Bonchev–Trinajstić information content (AvgIpc) is 3.21. The summed E-state index contributed by atoms with van der Waals surface area (Å²) in [5.41, 5.74) is 3.46. The molecule has 0 aliphatic rings. The summed E-state index contributed by atoms with van der Waals surface area (Å²) in [7, 11) is -3.09. The lowest BCUT2D eigenvalue weighted by Gasteiger charge is -2.21. The summed E-state index contributed by atoms with van der Waals surface area (Å²) in [4.78, 5) is 26.3. The predicted octanol–water partition coefficient (Wildman–Crippen LogP) is 4.24. The zero-order chi connectivity index (χ0) is 27.3. The minimum atomic E-state index is -3.09. The van der Waals surface area contributed by atoms with E-state index in [1.54, 1.807) is 30.5 Å². The normalized spacial score (nSPS) is 12.0. The SMILES string of the molecule is CCC(C)(C)C(=O)Nc1nc2ccccc2n1CNCc1ccnc(Nc2ccc(CS(C)(=O)=O)cc2)n1. The van der Waals surface area contributed by atoms with Gasteiger partial charge in [0.05, 0.1) is 29.1 Å². The molecule has 38 heavy (non-hydrogen) atoms. The van der Waals surface area contributed by atoms with Gasteiger partial charge in [-0.15, -0.1) is 0 Å². The fraction of sp³-hybridized carbons (Fsp3) is 0.333. The van der Waals surface area contributed by atoms with Gasteiger partial charge < -0.3 is 5.32 Å². The molecule has 200 valence electrons. The number of nitrogens with one attached hydrogen (secondary N) is 3. The van der Waals surface area contributed by atoms with Crippen LogP contribution in [-0.2, 0) is 33.6 Å². The molecule has 0 radical (unpaired) electrons. The van der Waals surface area contributed by atoms with Crippen molar-refractivity contribution in [3.05, 3.63) is 72.1 Å². The molecule has 11 heteroatoms. The number of nitrogens with zero attached hydrogens (tertiary/aromatic N) is 4. The van der Waals surface area contributed by atoms with Crippen molar-refractivity contribution in [1.29, 1.82) is 0 Å². The van der Waals surface area contributed by atoms with Crippen LogP contribution < -0.4 is 16.0 Å². The largest absolute Gasteiger partial charge is 0.324 e. The van der Waals surface area contributed by atoms with Crippen LogP contribution in [0.4, 0.5) is 17.6 Å². The standard InChI is InChI=1S/C27H33N7O3S/c1-5-27(2,3)24(35)33-26-32-22-8-6-7-9-23(22)34(26)18-28-16-21-14-15-29-25(31-21)30-20-12-10-19(11-13-20)17-38(4,36)37/h6-15,28H,5,16-18H2,1-4H3,(H,29,30,31)(H,32,33,35). The number of rotatable bonds is 11. The van der Waals surface area contributed by atoms with Crippen molar-refractivity contribution in [2.75, 3.05) is 16.9 Å². The van der Waals surface area contributed by atoms with E-state index < -0.39 is 15.3 Å². The highest BCUT2D eigenvalue weighted by atomic mass is 32.2. The Morgan fingerprint density at radius 2 is 1.76 bits per heavy atom. The van der Waals surface area contributed by atoms with E-state index in [2.05, 4.69) is 30.9 Å². The molecule has 0 saturated carbocycles. The van der Waals surface area contributed by atoms with E-state index in [1.807, 2.05) is 55.7 Å². The van der Waals surface area contributed by atoms with Crippen LogP contribution in [-0.4, -0.2) is 40.1 Å². The highest BCUT2D eigenvalue weighted by molar-refractivity contribution is 7.89. The minimum absolute atomic E-state index is 0.00110. The highest BCUT2D eigenvalue weighted by Gasteiger charge is 2.27. The Bertz CT molecular complexity index is 1530. The van der Waals surface area contributed by atoms with Gasteiger partial charge in [-0.2, -0.15) is 0 Å². The summed E-state index contributed by atoms with van der Waals surface area (Å²) in [5.74, 6) is 0.851. The molecule has 0 unspecified atom stereocenters. The van der Waals surface area contributed by atoms with E-state index >= 15 is 0 Å². The van der Waals surface area contributed by atoms with Crippen LogP contribution in [0, 0.1) is 5.41 Å². The first-order valence-electron chi connectivity index (χ1n) is 12.4. The molecule has 4 rings (SSSR count). The molecular formula is C27H33N7O3S. The van der Waals surface area contributed by atoms with Gasteiger partial charge in [0.25, 0.3) is 0 Å². The van der Waals surface area contributed by atoms with Gasteiger partial charge in [0.15, 0.2) is 9.84 Å².